The molecule has 0 radical (unpaired) electrons. The number of benzene rings is 2. The summed E-state index contributed by atoms with van der Waals surface area (Å²) in [5, 5.41) is 4.21. The maximum atomic E-state index is 4.64. The van der Waals surface area contributed by atoms with E-state index < -0.39 is 0 Å². The molecule has 2 aromatic carbocycles. The number of aromatic nitrogens is 2. The maximum Gasteiger partial charge on any atom is 0.0493 e. The van der Waals surface area contributed by atoms with Gasteiger partial charge >= 0.3 is 27.5 Å². The van der Waals surface area contributed by atoms with Crippen molar-refractivity contribution in [2.75, 3.05) is 0 Å². The van der Waals surface area contributed by atoms with E-state index >= 15 is 0 Å². The molecule has 2 nitrogen and oxygen atoms in total. The zero-order valence-electron chi connectivity index (χ0n) is 11.0. The molecule has 0 amide bonds. The Morgan fingerprint density at radius 1 is 1.00 bits per heavy atom. The standard InChI is InChI=1S/C15H11N2.CH3.ClH.Ir/c1-2-6-13(7-3-1)14-8-4-9-15(12-14)17-11-5-10-16-17;;;/h1-8,10-12H;1H3;1H;/q2*-1;;+3/p-1. The Morgan fingerprint density at radius 2 is 1.75 bits per heavy atom. The van der Waals surface area contributed by atoms with Gasteiger partial charge in [0.15, 0.2) is 0 Å². The molecule has 0 aliphatic heterocycles. The van der Waals surface area contributed by atoms with Crippen LogP contribution in [0.4, 0.5) is 0 Å². The Morgan fingerprint density at radius 3 is 2.40 bits per heavy atom. The molecule has 0 aliphatic rings. The number of rotatable bonds is 2. The Kier molecular flexibility index (Phi) is 7.24. The predicted octanol–water partition coefficient (Wildman–Crippen LogP) is 4.48. The van der Waals surface area contributed by atoms with Gasteiger partial charge in [0, 0.05) is 12.4 Å². The molecule has 20 heavy (non-hydrogen) atoms. The Bertz CT molecular complexity index is 609. The summed E-state index contributed by atoms with van der Waals surface area (Å²) in [6, 6.07) is 21.5. The van der Waals surface area contributed by atoms with Crippen LogP contribution in [0.1, 0.15) is 0 Å². The van der Waals surface area contributed by atoms with Gasteiger partial charge < -0.3 is 7.43 Å². The van der Waals surface area contributed by atoms with Gasteiger partial charge in [0.1, 0.15) is 0 Å². The molecule has 4 heteroatoms. The SMILES string of the molecule is [CH3-].[Cl][Ir+2].[c-]1ccc(-c2ccccc2)cc1-n1cccn1. The average Bonchev–Trinajstić information content (AvgIpc) is 3.05. The molecule has 0 spiro atoms. The van der Waals surface area contributed by atoms with Crippen LogP contribution < -0.4 is 0 Å². The van der Waals surface area contributed by atoms with Gasteiger partial charge in [0.05, 0.1) is 0 Å². The second-order valence-electron chi connectivity index (χ2n) is 3.78. The molecule has 3 rings (SSSR count). The molecule has 104 valence electrons. The van der Waals surface area contributed by atoms with E-state index in [0.717, 1.165) is 5.69 Å². The Balaban J connectivity index is 0.000000639. The largest absolute Gasteiger partial charge is 0.266 e. The van der Waals surface area contributed by atoms with Crippen molar-refractivity contribution in [2.24, 2.45) is 0 Å². The minimum atomic E-state index is 0. The molecule has 0 saturated heterocycles. The summed E-state index contributed by atoms with van der Waals surface area (Å²) < 4.78 is 1.81. The van der Waals surface area contributed by atoms with E-state index in [4.69, 9.17) is 0 Å². The number of hydrogen-bond donors (Lipinski definition) is 0. The molecule has 3 aromatic rings. The van der Waals surface area contributed by atoms with Crippen LogP contribution in [-0.4, -0.2) is 9.78 Å². The summed E-state index contributed by atoms with van der Waals surface area (Å²) in [6.45, 7) is 0. The number of nitrogens with zero attached hydrogens (tertiary/aromatic N) is 2. The van der Waals surface area contributed by atoms with Crippen LogP contribution in [0.3, 0.4) is 0 Å². The topological polar surface area (TPSA) is 17.8 Å². The van der Waals surface area contributed by atoms with Crippen molar-refractivity contribution < 1.29 is 17.9 Å². The molecule has 0 aliphatic carbocycles. The molecule has 0 atom stereocenters. The van der Waals surface area contributed by atoms with Crippen LogP contribution in [0.15, 0.2) is 67.0 Å². The van der Waals surface area contributed by atoms with E-state index in [9.17, 15) is 0 Å². The number of hydrogen-bond acceptors (Lipinski definition) is 1. The smallest absolute Gasteiger partial charge is 0.0493 e. The minimum absolute atomic E-state index is 0. The molecular weight excluding hydrogens is 448 g/mol. The van der Waals surface area contributed by atoms with Crippen molar-refractivity contribution in [1.82, 2.24) is 9.78 Å². The van der Waals surface area contributed by atoms with Crippen LogP contribution >= 0.6 is 9.58 Å². The normalized spacial score (nSPS) is 9.10. The Labute approximate surface area is 134 Å². The second kappa shape index (κ2) is 8.70. The summed E-state index contributed by atoms with van der Waals surface area (Å²) in [5.74, 6) is 0. The summed E-state index contributed by atoms with van der Waals surface area (Å²) >= 11 is 1.47. The zero-order chi connectivity index (χ0) is 13.5. The maximum absolute atomic E-state index is 4.64. The van der Waals surface area contributed by atoms with Gasteiger partial charge in [-0.2, -0.15) is 23.3 Å². The zero-order valence-corrected chi connectivity index (χ0v) is 14.1. The fourth-order valence-corrected chi connectivity index (χ4v) is 1.81. The van der Waals surface area contributed by atoms with Crippen molar-refractivity contribution in [1.29, 1.82) is 0 Å². The fourth-order valence-electron chi connectivity index (χ4n) is 1.81. The van der Waals surface area contributed by atoms with Crippen LogP contribution in [-0.2, 0) is 17.9 Å². The first-order valence-corrected chi connectivity index (χ1v) is 8.60. The average molecular weight is 462 g/mol. The number of halogens is 1. The van der Waals surface area contributed by atoms with Gasteiger partial charge in [-0.05, 0) is 17.3 Å². The van der Waals surface area contributed by atoms with E-state index in [1.807, 2.05) is 41.2 Å². The van der Waals surface area contributed by atoms with Gasteiger partial charge in [0.25, 0.3) is 0 Å². The van der Waals surface area contributed by atoms with Crippen molar-refractivity contribution in [3.8, 4) is 16.8 Å². The van der Waals surface area contributed by atoms with Crippen LogP contribution in [0.5, 0.6) is 0 Å². The summed E-state index contributed by atoms with van der Waals surface area (Å²) in [4.78, 5) is 0. The third-order valence-electron chi connectivity index (χ3n) is 2.64. The van der Waals surface area contributed by atoms with E-state index in [2.05, 4.69) is 45.0 Å². The van der Waals surface area contributed by atoms with Gasteiger partial charge in [-0.15, -0.1) is 11.6 Å². The fraction of sp³-hybridized carbons (Fsp3) is 0. The monoisotopic (exact) mass is 462 g/mol. The van der Waals surface area contributed by atoms with Gasteiger partial charge in [0.2, 0.25) is 0 Å². The van der Waals surface area contributed by atoms with E-state index in [0.29, 0.717) is 0 Å². The molecule has 1 heterocycles. The van der Waals surface area contributed by atoms with Gasteiger partial charge in [-0.25, -0.2) is 0 Å². The summed E-state index contributed by atoms with van der Waals surface area (Å²) in [6.07, 6.45) is 3.68. The third-order valence-corrected chi connectivity index (χ3v) is 2.64. The van der Waals surface area contributed by atoms with E-state index in [1.54, 1.807) is 6.20 Å². The van der Waals surface area contributed by atoms with Gasteiger partial charge in [-0.1, -0.05) is 30.3 Å². The molecule has 0 N–H and O–H groups in total. The second-order valence-corrected chi connectivity index (χ2v) is 3.78. The molecular formula is C16H14ClIrN2. The van der Waals surface area contributed by atoms with E-state index in [-0.39, 0.29) is 7.43 Å². The van der Waals surface area contributed by atoms with Gasteiger partial charge in [-0.3, -0.25) is 4.68 Å². The first-order valence-electron chi connectivity index (χ1n) is 5.63. The van der Waals surface area contributed by atoms with Crippen LogP contribution in [0.2, 0.25) is 0 Å². The molecule has 0 unspecified atom stereocenters. The molecule has 1 aromatic heterocycles. The molecule has 0 saturated carbocycles. The predicted molar refractivity (Wildman–Crippen MR) is 80.1 cm³/mol. The quantitative estimate of drug-likeness (QED) is 0.515. The van der Waals surface area contributed by atoms with Crippen LogP contribution in [0.25, 0.3) is 16.8 Å². The van der Waals surface area contributed by atoms with Crippen molar-refractivity contribution >= 4 is 9.58 Å². The third kappa shape index (κ3) is 4.04. The summed E-state index contributed by atoms with van der Waals surface area (Å²) in [7, 11) is 4.64. The molecule has 0 fully saturated rings. The minimum Gasteiger partial charge on any atom is -0.266 e. The summed E-state index contributed by atoms with van der Waals surface area (Å²) in [5.41, 5.74) is 3.33. The Hall–Kier alpha value is -1.41. The first-order chi connectivity index (χ1) is 9.43. The van der Waals surface area contributed by atoms with Crippen LogP contribution in [0, 0.1) is 13.5 Å². The van der Waals surface area contributed by atoms with E-state index in [1.165, 1.54) is 29.0 Å². The molecule has 0 bridgehead atoms. The van der Waals surface area contributed by atoms with Crippen molar-refractivity contribution in [2.45, 2.75) is 0 Å². The van der Waals surface area contributed by atoms with Crippen molar-refractivity contribution in [3.05, 3.63) is 80.5 Å². The first kappa shape index (κ1) is 16.6. The van der Waals surface area contributed by atoms with Crippen molar-refractivity contribution in [3.63, 3.8) is 0 Å².